The molecule has 2 N–H and O–H groups in total. The molecule has 1 saturated heterocycles. The Hall–Kier alpha value is -0.370. The average Bonchev–Trinajstić information content (AvgIpc) is 2.65. The molecule has 126 valence electrons. The summed E-state index contributed by atoms with van der Waals surface area (Å²) >= 11 is 0. The lowest BCUT2D eigenvalue weighted by atomic mass is 10.1. The van der Waals surface area contributed by atoms with Crippen LogP contribution < -0.4 is 5.73 Å². The van der Waals surface area contributed by atoms with Crippen molar-refractivity contribution in [3.05, 3.63) is 0 Å². The minimum atomic E-state index is -4.23. The molecule has 21 heavy (non-hydrogen) atoms. The van der Waals surface area contributed by atoms with Gasteiger partial charge in [-0.1, -0.05) is 6.92 Å². The highest BCUT2D eigenvalue weighted by molar-refractivity contribution is 4.76. The number of hydrogen-bond acceptors (Lipinski definition) is 4. The monoisotopic (exact) mass is 311 g/mol. The molecule has 1 heterocycles. The average molecular weight is 311 g/mol. The molecule has 1 atom stereocenters. The third-order valence-electron chi connectivity index (χ3n) is 3.93. The van der Waals surface area contributed by atoms with Crippen LogP contribution in [0.15, 0.2) is 0 Å². The van der Waals surface area contributed by atoms with Crippen molar-refractivity contribution in [3.8, 4) is 0 Å². The van der Waals surface area contributed by atoms with Crippen LogP contribution in [0.4, 0.5) is 13.2 Å². The molecule has 1 aliphatic rings. The summed E-state index contributed by atoms with van der Waals surface area (Å²) in [5.74, 6) is 0. The number of ether oxygens (including phenoxy) is 1. The Bertz CT molecular complexity index is 277. The summed E-state index contributed by atoms with van der Waals surface area (Å²) in [6, 6.07) is 0.524. The van der Waals surface area contributed by atoms with E-state index in [0.717, 1.165) is 45.4 Å². The molecule has 1 rings (SSSR count). The molecule has 4 nitrogen and oxygen atoms in total. The van der Waals surface area contributed by atoms with Crippen LogP contribution in [0.25, 0.3) is 0 Å². The van der Waals surface area contributed by atoms with Gasteiger partial charge in [0.2, 0.25) is 0 Å². The first-order valence-electron chi connectivity index (χ1n) is 7.77. The highest BCUT2D eigenvalue weighted by atomic mass is 19.4. The van der Waals surface area contributed by atoms with Crippen molar-refractivity contribution in [2.45, 2.75) is 38.4 Å². The van der Waals surface area contributed by atoms with E-state index in [2.05, 4.69) is 21.5 Å². The molecule has 1 aliphatic heterocycles. The Morgan fingerprint density at radius 3 is 2.57 bits per heavy atom. The number of hydrogen-bond donors (Lipinski definition) is 1. The molecular weight excluding hydrogens is 283 g/mol. The van der Waals surface area contributed by atoms with Gasteiger partial charge in [-0.2, -0.15) is 13.2 Å². The maximum Gasteiger partial charge on any atom is 0.411 e. The van der Waals surface area contributed by atoms with Crippen molar-refractivity contribution in [2.24, 2.45) is 5.73 Å². The minimum absolute atomic E-state index is 0.138. The van der Waals surface area contributed by atoms with Crippen molar-refractivity contribution in [3.63, 3.8) is 0 Å². The second-order valence-corrected chi connectivity index (χ2v) is 5.54. The van der Waals surface area contributed by atoms with E-state index in [1.807, 2.05) is 0 Å². The predicted molar refractivity (Wildman–Crippen MR) is 77.3 cm³/mol. The second-order valence-electron chi connectivity index (χ2n) is 5.54. The Kier molecular flexibility index (Phi) is 8.55. The molecule has 0 aliphatic carbocycles. The van der Waals surface area contributed by atoms with Gasteiger partial charge in [-0.3, -0.25) is 9.80 Å². The van der Waals surface area contributed by atoms with Crippen LogP contribution in [0, 0.1) is 0 Å². The van der Waals surface area contributed by atoms with Gasteiger partial charge >= 0.3 is 6.18 Å². The van der Waals surface area contributed by atoms with E-state index in [-0.39, 0.29) is 6.61 Å². The van der Waals surface area contributed by atoms with Crippen molar-refractivity contribution >= 4 is 0 Å². The topological polar surface area (TPSA) is 41.7 Å². The molecule has 1 unspecified atom stereocenters. The fourth-order valence-electron chi connectivity index (χ4n) is 2.80. The number of rotatable bonds is 8. The van der Waals surface area contributed by atoms with Gasteiger partial charge in [0.05, 0.1) is 6.61 Å². The largest absolute Gasteiger partial charge is 0.411 e. The summed E-state index contributed by atoms with van der Waals surface area (Å²) in [6.45, 7) is 6.23. The lowest BCUT2D eigenvalue weighted by molar-refractivity contribution is -0.174. The van der Waals surface area contributed by atoms with E-state index in [0.29, 0.717) is 19.1 Å². The summed E-state index contributed by atoms with van der Waals surface area (Å²) in [5, 5.41) is 0. The summed E-state index contributed by atoms with van der Waals surface area (Å²) in [5.41, 5.74) is 5.65. The smallest absolute Gasteiger partial charge is 0.371 e. The lowest BCUT2D eigenvalue weighted by Crippen LogP contribution is -2.39. The van der Waals surface area contributed by atoms with E-state index < -0.39 is 12.8 Å². The lowest BCUT2D eigenvalue weighted by Gasteiger charge is -2.29. The van der Waals surface area contributed by atoms with Gasteiger partial charge in [0, 0.05) is 25.7 Å². The van der Waals surface area contributed by atoms with Crippen LogP contribution in [-0.2, 0) is 4.74 Å². The first-order chi connectivity index (χ1) is 9.96. The molecule has 0 bridgehead atoms. The molecule has 0 radical (unpaired) electrons. The summed E-state index contributed by atoms with van der Waals surface area (Å²) in [6.07, 6.45) is -1.09. The number of alkyl halides is 3. The van der Waals surface area contributed by atoms with E-state index in [9.17, 15) is 13.2 Å². The summed E-state index contributed by atoms with van der Waals surface area (Å²) < 4.78 is 40.6. The standard InChI is InChI=1S/C14H28F3N3O/c1-2-13(4-5-18)20-7-3-6-19(8-9-20)10-11-21-12-14(15,16)17/h13H,2-12,18H2,1H3. The summed E-state index contributed by atoms with van der Waals surface area (Å²) in [4.78, 5) is 4.65. The van der Waals surface area contributed by atoms with Crippen LogP contribution in [0.3, 0.4) is 0 Å². The van der Waals surface area contributed by atoms with Gasteiger partial charge in [0.25, 0.3) is 0 Å². The van der Waals surface area contributed by atoms with Crippen LogP contribution in [-0.4, -0.2) is 74.5 Å². The van der Waals surface area contributed by atoms with Crippen LogP contribution in [0.2, 0.25) is 0 Å². The van der Waals surface area contributed by atoms with Crippen molar-refractivity contribution in [1.82, 2.24) is 9.80 Å². The molecule has 0 saturated carbocycles. The first kappa shape index (κ1) is 18.7. The van der Waals surface area contributed by atoms with E-state index in [4.69, 9.17) is 5.73 Å². The first-order valence-corrected chi connectivity index (χ1v) is 7.77. The second kappa shape index (κ2) is 9.61. The molecule has 0 aromatic heterocycles. The summed E-state index contributed by atoms with van der Waals surface area (Å²) in [7, 11) is 0. The van der Waals surface area contributed by atoms with Gasteiger partial charge in [0.15, 0.2) is 0 Å². The Morgan fingerprint density at radius 1 is 1.19 bits per heavy atom. The van der Waals surface area contributed by atoms with Crippen molar-refractivity contribution < 1.29 is 17.9 Å². The quantitative estimate of drug-likeness (QED) is 0.693. The molecule has 0 aromatic rings. The Morgan fingerprint density at radius 2 is 1.95 bits per heavy atom. The molecule has 0 spiro atoms. The van der Waals surface area contributed by atoms with Gasteiger partial charge in [-0.15, -0.1) is 0 Å². The van der Waals surface area contributed by atoms with E-state index in [1.165, 1.54) is 0 Å². The van der Waals surface area contributed by atoms with Crippen molar-refractivity contribution in [2.75, 3.05) is 52.5 Å². The van der Waals surface area contributed by atoms with Crippen LogP contribution in [0.1, 0.15) is 26.2 Å². The zero-order valence-corrected chi connectivity index (χ0v) is 12.9. The number of nitrogens with two attached hydrogens (primary N) is 1. The van der Waals surface area contributed by atoms with Crippen LogP contribution >= 0.6 is 0 Å². The Labute approximate surface area is 125 Å². The van der Waals surface area contributed by atoms with Gasteiger partial charge in [0.1, 0.15) is 6.61 Å². The zero-order chi connectivity index (χ0) is 15.7. The van der Waals surface area contributed by atoms with E-state index in [1.54, 1.807) is 0 Å². The SMILES string of the molecule is CCC(CCN)N1CCCN(CCOCC(F)(F)F)CC1. The van der Waals surface area contributed by atoms with Gasteiger partial charge in [-0.05, 0) is 38.9 Å². The van der Waals surface area contributed by atoms with Gasteiger partial charge < -0.3 is 10.5 Å². The zero-order valence-electron chi connectivity index (χ0n) is 12.9. The number of halogens is 3. The normalized spacial score (nSPS) is 20.4. The highest BCUT2D eigenvalue weighted by Crippen LogP contribution is 2.15. The maximum atomic E-state index is 12.0. The minimum Gasteiger partial charge on any atom is -0.371 e. The van der Waals surface area contributed by atoms with Crippen LogP contribution in [0.5, 0.6) is 0 Å². The molecule has 1 fully saturated rings. The van der Waals surface area contributed by atoms with Crippen molar-refractivity contribution in [1.29, 1.82) is 0 Å². The molecular formula is C14H28F3N3O. The molecule has 0 amide bonds. The molecule has 7 heteroatoms. The fraction of sp³-hybridized carbons (Fsp3) is 1.00. The van der Waals surface area contributed by atoms with Gasteiger partial charge in [-0.25, -0.2) is 0 Å². The third-order valence-corrected chi connectivity index (χ3v) is 3.93. The number of nitrogens with zero attached hydrogens (tertiary/aromatic N) is 2. The molecule has 0 aromatic carbocycles. The fourth-order valence-corrected chi connectivity index (χ4v) is 2.80. The highest BCUT2D eigenvalue weighted by Gasteiger charge is 2.27. The predicted octanol–water partition coefficient (Wildman–Crippen LogP) is 1.70. The third kappa shape index (κ3) is 7.99. The maximum absolute atomic E-state index is 12.0. The van der Waals surface area contributed by atoms with E-state index >= 15 is 0 Å². The Balaban J connectivity index is 2.25.